The van der Waals surface area contributed by atoms with Crippen LogP contribution < -0.4 is 5.73 Å². The van der Waals surface area contributed by atoms with Crippen LogP contribution in [0.1, 0.15) is 29.2 Å². The molecule has 2 aromatic carbocycles. The summed E-state index contributed by atoms with van der Waals surface area (Å²) in [5, 5.41) is 12.4. The topological polar surface area (TPSA) is 59.1 Å². The van der Waals surface area contributed by atoms with Crippen LogP contribution in [0.25, 0.3) is 10.9 Å². The lowest BCUT2D eigenvalue weighted by molar-refractivity contribution is 0.0790. The number of para-hydroxylation sites is 1. The zero-order valence-corrected chi connectivity index (χ0v) is 11.5. The van der Waals surface area contributed by atoms with E-state index in [9.17, 15) is 5.11 Å². The summed E-state index contributed by atoms with van der Waals surface area (Å²) in [5.41, 5.74) is 8.75. The van der Waals surface area contributed by atoms with Crippen molar-refractivity contribution in [3.63, 3.8) is 0 Å². The van der Waals surface area contributed by atoms with Gasteiger partial charge < -0.3 is 10.8 Å². The molecule has 3 aromatic rings. The van der Waals surface area contributed by atoms with Gasteiger partial charge in [-0.25, -0.2) is 0 Å². The van der Waals surface area contributed by atoms with Crippen molar-refractivity contribution in [2.45, 2.75) is 18.1 Å². The molecule has 21 heavy (non-hydrogen) atoms. The molecule has 2 unspecified atom stereocenters. The molecule has 4 rings (SSSR count). The SMILES string of the molecule is NC1CC(O)(c2cccc3cccnc23)c2ccccc21. The van der Waals surface area contributed by atoms with Crippen molar-refractivity contribution in [2.24, 2.45) is 5.73 Å². The van der Waals surface area contributed by atoms with Gasteiger partial charge in [0.15, 0.2) is 0 Å². The molecule has 0 spiro atoms. The van der Waals surface area contributed by atoms with Crippen molar-refractivity contribution >= 4 is 10.9 Å². The Morgan fingerprint density at radius 1 is 1.00 bits per heavy atom. The van der Waals surface area contributed by atoms with Gasteiger partial charge in [-0.2, -0.15) is 0 Å². The number of pyridine rings is 1. The van der Waals surface area contributed by atoms with E-state index in [0.29, 0.717) is 6.42 Å². The molecule has 0 saturated heterocycles. The Balaban J connectivity index is 2.01. The normalized spacial score (nSPS) is 24.2. The van der Waals surface area contributed by atoms with Crippen LogP contribution in [0.5, 0.6) is 0 Å². The maximum atomic E-state index is 11.4. The largest absolute Gasteiger partial charge is 0.380 e. The van der Waals surface area contributed by atoms with Gasteiger partial charge in [0.25, 0.3) is 0 Å². The second-order valence-corrected chi connectivity index (χ2v) is 5.64. The molecule has 1 aliphatic rings. The van der Waals surface area contributed by atoms with Crippen LogP contribution in [0.4, 0.5) is 0 Å². The molecule has 2 atom stereocenters. The molecular formula is C18H16N2O. The van der Waals surface area contributed by atoms with E-state index in [1.807, 2.05) is 54.6 Å². The highest BCUT2D eigenvalue weighted by Crippen LogP contribution is 2.47. The van der Waals surface area contributed by atoms with Crippen LogP contribution in [0.2, 0.25) is 0 Å². The first-order valence-corrected chi connectivity index (χ1v) is 7.12. The van der Waals surface area contributed by atoms with Crippen molar-refractivity contribution in [2.75, 3.05) is 0 Å². The molecule has 0 radical (unpaired) electrons. The van der Waals surface area contributed by atoms with E-state index in [1.165, 1.54) is 0 Å². The predicted molar refractivity (Wildman–Crippen MR) is 82.7 cm³/mol. The van der Waals surface area contributed by atoms with Crippen LogP contribution in [0.3, 0.4) is 0 Å². The van der Waals surface area contributed by atoms with Crippen molar-refractivity contribution in [1.82, 2.24) is 4.98 Å². The third-order valence-electron chi connectivity index (χ3n) is 4.40. The lowest BCUT2D eigenvalue weighted by atomic mass is 9.86. The number of nitrogens with two attached hydrogens (primary N) is 1. The molecule has 3 heteroatoms. The van der Waals surface area contributed by atoms with E-state index >= 15 is 0 Å². The summed E-state index contributed by atoms with van der Waals surface area (Å²) in [5.74, 6) is 0. The minimum absolute atomic E-state index is 0.148. The third kappa shape index (κ3) is 1.71. The molecule has 0 amide bonds. The Hall–Kier alpha value is -2.23. The minimum Gasteiger partial charge on any atom is -0.380 e. The smallest absolute Gasteiger partial charge is 0.119 e. The first-order chi connectivity index (χ1) is 10.2. The maximum absolute atomic E-state index is 11.4. The van der Waals surface area contributed by atoms with Crippen LogP contribution in [-0.2, 0) is 5.60 Å². The summed E-state index contributed by atoms with van der Waals surface area (Å²) >= 11 is 0. The van der Waals surface area contributed by atoms with Crippen LogP contribution >= 0.6 is 0 Å². The lowest BCUT2D eigenvalue weighted by Crippen LogP contribution is -2.25. The van der Waals surface area contributed by atoms with Gasteiger partial charge in [0, 0.05) is 29.6 Å². The molecule has 0 bridgehead atoms. The number of hydrogen-bond acceptors (Lipinski definition) is 3. The van der Waals surface area contributed by atoms with E-state index in [1.54, 1.807) is 6.20 Å². The first-order valence-electron chi connectivity index (χ1n) is 7.12. The number of hydrogen-bond donors (Lipinski definition) is 2. The first kappa shape index (κ1) is 12.5. The molecule has 1 aliphatic carbocycles. The predicted octanol–water partition coefficient (Wildman–Crippen LogP) is 2.87. The third-order valence-corrected chi connectivity index (χ3v) is 4.40. The van der Waals surface area contributed by atoms with Crippen molar-refractivity contribution < 1.29 is 5.11 Å². The van der Waals surface area contributed by atoms with E-state index in [-0.39, 0.29) is 6.04 Å². The number of fused-ring (bicyclic) bond motifs is 2. The highest BCUT2D eigenvalue weighted by molar-refractivity contribution is 5.83. The zero-order valence-electron chi connectivity index (χ0n) is 11.5. The molecule has 0 fully saturated rings. The summed E-state index contributed by atoms with van der Waals surface area (Å²) in [6, 6.07) is 17.6. The molecule has 1 heterocycles. The van der Waals surface area contributed by atoms with E-state index < -0.39 is 5.60 Å². The molecule has 3 N–H and O–H groups in total. The lowest BCUT2D eigenvalue weighted by Gasteiger charge is -2.25. The number of benzene rings is 2. The van der Waals surface area contributed by atoms with Crippen molar-refractivity contribution in [3.05, 3.63) is 77.5 Å². The Morgan fingerprint density at radius 3 is 2.67 bits per heavy atom. The standard InChI is InChI=1S/C18H16N2O/c19-16-11-18(21,14-8-2-1-7-13(14)16)15-9-3-5-12-6-4-10-20-17(12)15/h1-10,16,21H,11,19H2. The summed E-state index contributed by atoms with van der Waals surface area (Å²) in [7, 11) is 0. The van der Waals surface area contributed by atoms with Crippen molar-refractivity contribution in [1.29, 1.82) is 0 Å². The number of aliphatic hydroxyl groups is 1. The second-order valence-electron chi connectivity index (χ2n) is 5.64. The fourth-order valence-electron chi connectivity index (χ4n) is 3.43. The Morgan fingerprint density at radius 2 is 1.76 bits per heavy atom. The maximum Gasteiger partial charge on any atom is 0.119 e. The fraction of sp³-hybridized carbons (Fsp3) is 0.167. The monoisotopic (exact) mass is 276 g/mol. The molecule has 3 nitrogen and oxygen atoms in total. The summed E-state index contributed by atoms with van der Waals surface area (Å²) in [6.45, 7) is 0. The second kappa shape index (κ2) is 4.38. The van der Waals surface area contributed by atoms with Gasteiger partial charge in [-0.15, -0.1) is 0 Å². The molecular weight excluding hydrogens is 260 g/mol. The molecule has 0 saturated carbocycles. The number of rotatable bonds is 1. The number of aromatic nitrogens is 1. The summed E-state index contributed by atoms with van der Waals surface area (Å²) in [6.07, 6.45) is 2.25. The van der Waals surface area contributed by atoms with Gasteiger partial charge in [-0.3, -0.25) is 4.98 Å². The van der Waals surface area contributed by atoms with Gasteiger partial charge in [-0.05, 0) is 17.2 Å². The zero-order chi connectivity index (χ0) is 14.4. The van der Waals surface area contributed by atoms with Crippen LogP contribution in [0.15, 0.2) is 60.8 Å². The molecule has 1 aromatic heterocycles. The highest BCUT2D eigenvalue weighted by Gasteiger charge is 2.43. The van der Waals surface area contributed by atoms with Gasteiger partial charge in [0.1, 0.15) is 5.60 Å². The molecule has 104 valence electrons. The van der Waals surface area contributed by atoms with Gasteiger partial charge in [-0.1, -0.05) is 48.5 Å². The quantitative estimate of drug-likeness (QED) is 0.718. The number of nitrogens with zero attached hydrogens (tertiary/aromatic N) is 1. The highest BCUT2D eigenvalue weighted by atomic mass is 16.3. The summed E-state index contributed by atoms with van der Waals surface area (Å²) < 4.78 is 0. The van der Waals surface area contributed by atoms with Gasteiger partial charge >= 0.3 is 0 Å². The van der Waals surface area contributed by atoms with Crippen LogP contribution in [-0.4, -0.2) is 10.1 Å². The average Bonchev–Trinajstić information content (AvgIpc) is 2.80. The summed E-state index contributed by atoms with van der Waals surface area (Å²) in [4.78, 5) is 4.47. The van der Waals surface area contributed by atoms with E-state index in [2.05, 4.69) is 4.98 Å². The Bertz CT molecular complexity index is 825. The van der Waals surface area contributed by atoms with Gasteiger partial charge in [0.05, 0.1) is 5.52 Å². The average molecular weight is 276 g/mol. The van der Waals surface area contributed by atoms with Crippen LogP contribution in [0, 0.1) is 0 Å². The minimum atomic E-state index is -1.07. The Kier molecular flexibility index (Phi) is 2.61. The van der Waals surface area contributed by atoms with Gasteiger partial charge in [0.2, 0.25) is 0 Å². The van der Waals surface area contributed by atoms with E-state index in [0.717, 1.165) is 27.6 Å². The Labute approximate surface area is 123 Å². The van der Waals surface area contributed by atoms with Crippen molar-refractivity contribution in [3.8, 4) is 0 Å². The van der Waals surface area contributed by atoms with E-state index in [4.69, 9.17) is 5.73 Å². The fourth-order valence-corrected chi connectivity index (χ4v) is 3.43. The molecule has 0 aliphatic heterocycles.